The van der Waals surface area contributed by atoms with Gasteiger partial charge in [0.1, 0.15) is 17.7 Å². The Balaban J connectivity index is 1.62. The molecule has 1 aromatic carbocycles. The zero-order chi connectivity index (χ0) is 21.9. The van der Waals surface area contributed by atoms with Crippen molar-refractivity contribution in [1.29, 1.82) is 5.26 Å². The van der Waals surface area contributed by atoms with Crippen molar-refractivity contribution in [2.75, 3.05) is 18.0 Å². The molecule has 1 unspecified atom stereocenters. The second kappa shape index (κ2) is 8.88. The van der Waals surface area contributed by atoms with Gasteiger partial charge in [0.25, 0.3) is 0 Å². The van der Waals surface area contributed by atoms with E-state index in [1.54, 1.807) is 11.0 Å². The third-order valence-electron chi connectivity index (χ3n) is 4.95. The molecule has 0 aliphatic carbocycles. The van der Waals surface area contributed by atoms with Crippen molar-refractivity contribution < 1.29 is 22.4 Å². The topological polar surface area (TPSA) is 69.0 Å². The minimum absolute atomic E-state index is 0.0894. The van der Waals surface area contributed by atoms with Gasteiger partial charge in [-0.25, -0.2) is 9.37 Å². The van der Waals surface area contributed by atoms with E-state index in [1.807, 2.05) is 6.07 Å². The highest BCUT2D eigenvalue weighted by molar-refractivity contribution is 6.33. The summed E-state index contributed by atoms with van der Waals surface area (Å²) in [5.74, 6) is -1.15. The summed E-state index contributed by atoms with van der Waals surface area (Å²) in [6, 6.07) is 7.32. The monoisotopic (exact) mass is 440 g/mol. The van der Waals surface area contributed by atoms with Crippen LogP contribution in [0.1, 0.15) is 30.0 Å². The van der Waals surface area contributed by atoms with E-state index in [4.69, 9.17) is 11.6 Å². The average molecular weight is 441 g/mol. The molecule has 0 spiro atoms. The van der Waals surface area contributed by atoms with Gasteiger partial charge in [0.05, 0.1) is 16.7 Å². The molecule has 2 heterocycles. The number of benzene rings is 1. The van der Waals surface area contributed by atoms with Crippen molar-refractivity contribution in [3.05, 3.63) is 58.5 Å². The fraction of sp³-hybridized carbons (Fsp3) is 0.350. The van der Waals surface area contributed by atoms with Gasteiger partial charge in [-0.1, -0.05) is 29.8 Å². The molecule has 2 aromatic rings. The van der Waals surface area contributed by atoms with Gasteiger partial charge in [0.2, 0.25) is 5.91 Å². The number of nitrogens with zero attached hydrogens (tertiary/aromatic N) is 3. The molecule has 1 aliphatic rings. The SMILES string of the molecule is N#CC(NC(=O)C1CCN(c2ncc(C(F)(F)F)cc2Cl)CC1)c1ccccc1F. The number of piperidine rings is 1. The minimum atomic E-state index is -4.53. The Bertz CT molecular complexity index is 968. The Morgan fingerprint density at radius 2 is 1.97 bits per heavy atom. The molecule has 0 radical (unpaired) electrons. The van der Waals surface area contributed by atoms with Crippen LogP contribution < -0.4 is 10.2 Å². The summed E-state index contributed by atoms with van der Waals surface area (Å²) in [5.41, 5.74) is -0.840. The Kier molecular flexibility index (Phi) is 6.46. The van der Waals surface area contributed by atoms with Gasteiger partial charge in [-0.3, -0.25) is 4.79 Å². The molecule has 158 valence electrons. The first-order chi connectivity index (χ1) is 14.2. The standard InChI is InChI=1S/C20H17ClF4N4O/c21-15-9-13(20(23,24)25)11-27-18(15)29-7-5-12(6-8-29)19(30)28-17(10-26)14-3-1-2-4-16(14)22/h1-4,9,11-12,17H,5-8H2,(H,28,30). The smallest absolute Gasteiger partial charge is 0.355 e. The number of halogens is 5. The van der Waals surface area contributed by atoms with Crippen LogP contribution in [-0.4, -0.2) is 24.0 Å². The van der Waals surface area contributed by atoms with E-state index in [0.29, 0.717) is 25.9 Å². The van der Waals surface area contributed by atoms with E-state index < -0.39 is 29.5 Å². The van der Waals surface area contributed by atoms with Crippen LogP contribution in [0.25, 0.3) is 0 Å². The maximum Gasteiger partial charge on any atom is 0.417 e. The minimum Gasteiger partial charge on any atom is -0.355 e. The lowest BCUT2D eigenvalue weighted by molar-refractivity contribution is -0.137. The second-order valence-corrected chi connectivity index (χ2v) is 7.29. The van der Waals surface area contributed by atoms with Crippen molar-refractivity contribution >= 4 is 23.3 Å². The lowest BCUT2D eigenvalue weighted by Gasteiger charge is -2.33. The predicted molar refractivity (Wildman–Crippen MR) is 102 cm³/mol. The molecule has 1 aliphatic heterocycles. The number of rotatable bonds is 4. The molecule has 1 saturated heterocycles. The summed E-state index contributed by atoms with van der Waals surface area (Å²) in [5, 5.41) is 11.8. The van der Waals surface area contributed by atoms with Gasteiger partial charge in [0.15, 0.2) is 0 Å². The molecule has 0 saturated carbocycles. The number of carbonyl (C=O) groups excluding carboxylic acids is 1. The van der Waals surface area contributed by atoms with Crippen LogP contribution in [0.3, 0.4) is 0 Å². The van der Waals surface area contributed by atoms with Gasteiger partial charge < -0.3 is 10.2 Å². The molecule has 1 fully saturated rings. The number of hydrogen-bond donors (Lipinski definition) is 1. The first-order valence-corrected chi connectivity index (χ1v) is 9.50. The number of hydrogen-bond acceptors (Lipinski definition) is 4. The maximum atomic E-state index is 13.9. The molecule has 1 aromatic heterocycles. The zero-order valence-electron chi connectivity index (χ0n) is 15.6. The molecule has 3 rings (SSSR count). The van der Waals surface area contributed by atoms with E-state index in [-0.39, 0.29) is 22.3 Å². The molecule has 30 heavy (non-hydrogen) atoms. The lowest BCUT2D eigenvalue weighted by atomic mass is 9.95. The summed E-state index contributed by atoms with van der Waals surface area (Å²) in [6.07, 6.45) is -3.03. The van der Waals surface area contributed by atoms with Gasteiger partial charge >= 0.3 is 6.18 Å². The first kappa shape index (κ1) is 21.8. The van der Waals surface area contributed by atoms with E-state index >= 15 is 0 Å². The van der Waals surface area contributed by atoms with E-state index in [9.17, 15) is 27.6 Å². The largest absolute Gasteiger partial charge is 0.417 e. The van der Waals surface area contributed by atoms with E-state index in [2.05, 4.69) is 10.3 Å². The third kappa shape index (κ3) is 4.82. The molecule has 1 N–H and O–H groups in total. The number of nitriles is 1. The van der Waals surface area contributed by atoms with Crippen molar-refractivity contribution in [2.24, 2.45) is 5.92 Å². The summed E-state index contributed by atoms with van der Waals surface area (Å²) in [6.45, 7) is 0.709. The van der Waals surface area contributed by atoms with E-state index in [0.717, 1.165) is 12.3 Å². The third-order valence-corrected chi connectivity index (χ3v) is 5.22. The Hall–Kier alpha value is -2.86. The molecule has 1 amide bonds. The highest BCUT2D eigenvalue weighted by atomic mass is 35.5. The predicted octanol–water partition coefficient (Wildman–Crippen LogP) is 4.49. The van der Waals surface area contributed by atoms with Crippen LogP contribution in [0, 0.1) is 23.1 Å². The van der Waals surface area contributed by atoms with Crippen molar-refractivity contribution in [3.8, 4) is 6.07 Å². The number of nitrogens with one attached hydrogen (secondary N) is 1. The van der Waals surface area contributed by atoms with Crippen LogP contribution in [0.2, 0.25) is 5.02 Å². The Labute approximate surface area is 175 Å². The second-order valence-electron chi connectivity index (χ2n) is 6.88. The Morgan fingerprint density at radius 1 is 1.30 bits per heavy atom. The van der Waals surface area contributed by atoms with E-state index in [1.165, 1.54) is 18.2 Å². The van der Waals surface area contributed by atoms with Gasteiger partial charge in [-0.05, 0) is 25.0 Å². The number of pyridine rings is 1. The number of anilines is 1. The fourth-order valence-electron chi connectivity index (χ4n) is 3.32. The van der Waals surface area contributed by atoms with Crippen LogP contribution in [0.15, 0.2) is 36.5 Å². The quantitative estimate of drug-likeness (QED) is 0.711. The summed E-state index contributed by atoms with van der Waals surface area (Å²) < 4.78 is 52.2. The highest BCUT2D eigenvalue weighted by Gasteiger charge is 2.33. The first-order valence-electron chi connectivity index (χ1n) is 9.13. The maximum absolute atomic E-state index is 13.9. The zero-order valence-corrected chi connectivity index (χ0v) is 16.3. The van der Waals surface area contributed by atoms with Gasteiger partial charge in [-0.2, -0.15) is 18.4 Å². The summed E-state index contributed by atoms with van der Waals surface area (Å²) >= 11 is 5.98. The number of carbonyl (C=O) groups is 1. The van der Waals surface area contributed by atoms with Crippen LogP contribution in [0.5, 0.6) is 0 Å². The molecule has 10 heteroatoms. The van der Waals surface area contributed by atoms with Crippen molar-refractivity contribution in [3.63, 3.8) is 0 Å². The van der Waals surface area contributed by atoms with Crippen molar-refractivity contribution in [2.45, 2.75) is 25.1 Å². The molecule has 5 nitrogen and oxygen atoms in total. The summed E-state index contributed by atoms with van der Waals surface area (Å²) in [4.78, 5) is 18.1. The molecule has 1 atom stereocenters. The number of alkyl halides is 3. The number of aromatic nitrogens is 1. The number of amides is 1. The lowest BCUT2D eigenvalue weighted by Crippen LogP contribution is -2.42. The van der Waals surface area contributed by atoms with Crippen molar-refractivity contribution in [1.82, 2.24) is 10.3 Å². The fourth-order valence-corrected chi connectivity index (χ4v) is 3.61. The van der Waals surface area contributed by atoms with Crippen LogP contribution >= 0.6 is 11.6 Å². The normalized spacial score (nSPS) is 16.1. The van der Waals surface area contributed by atoms with Gasteiger partial charge in [-0.15, -0.1) is 0 Å². The molecule has 0 bridgehead atoms. The van der Waals surface area contributed by atoms with Gasteiger partial charge in [0, 0.05) is 30.8 Å². The van der Waals surface area contributed by atoms with Crippen LogP contribution in [0.4, 0.5) is 23.4 Å². The Morgan fingerprint density at radius 3 is 2.53 bits per heavy atom. The molecular weight excluding hydrogens is 424 g/mol. The summed E-state index contributed by atoms with van der Waals surface area (Å²) in [7, 11) is 0. The molecular formula is C20H17ClF4N4O. The average Bonchev–Trinajstić information content (AvgIpc) is 2.72. The highest BCUT2D eigenvalue weighted by Crippen LogP contribution is 2.34. The van der Waals surface area contributed by atoms with Crippen LogP contribution in [-0.2, 0) is 11.0 Å².